The van der Waals surface area contributed by atoms with Gasteiger partial charge >= 0.3 is 6.03 Å². The molecular weight excluding hydrogens is 320 g/mol. The highest BCUT2D eigenvalue weighted by molar-refractivity contribution is 7.09. The summed E-state index contributed by atoms with van der Waals surface area (Å²) in [6.45, 7) is 7.47. The number of amides is 2. The molecule has 2 atom stereocenters. The molecule has 2 N–H and O–H groups in total. The van der Waals surface area contributed by atoms with E-state index < -0.39 is 0 Å². The van der Waals surface area contributed by atoms with Gasteiger partial charge in [0.25, 0.3) is 0 Å². The smallest absolute Gasteiger partial charge is 0.315 e. The van der Waals surface area contributed by atoms with Crippen molar-refractivity contribution < 1.29 is 4.79 Å². The Morgan fingerprint density at radius 1 is 1.29 bits per heavy atom. The molecule has 0 aliphatic carbocycles. The summed E-state index contributed by atoms with van der Waals surface area (Å²) in [5.74, 6) is 0. The summed E-state index contributed by atoms with van der Waals surface area (Å²) >= 11 is 1.57. The molecule has 0 spiro atoms. The largest absolute Gasteiger partial charge is 0.337 e. The number of urea groups is 1. The van der Waals surface area contributed by atoms with Gasteiger partial charge in [-0.3, -0.25) is 4.90 Å². The lowest BCUT2D eigenvalue weighted by Crippen LogP contribution is -2.44. The molecule has 24 heavy (non-hydrogen) atoms. The van der Waals surface area contributed by atoms with Gasteiger partial charge in [0.2, 0.25) is 0 Å². The third-order valence-corrected chi connectivity index (χ3v) is 5.09. The van der Waals surface area contributed by atoms with Crippen molar-refractivity contribution in [3.05, 3.63) is 52.0 Å². The maximum absolute atomic E-state index is 12.1. The number of aromatic nitrogens is 1. The Morgan fingerprint density at radius 3 is 2.62 bits per heavy atom. The normalized spacial score (nSPS) is 13.5. The average molecular weight is 346 g/mol. The van der Waals surface area contributed by atoms with Gasteiger partial charge in [0.05, 0.1) is 6.04 Å². The fraction of sp³-hybridized carbons (Fsp3) is 0.444. The van der Waals surface area contributed by atoms with Gasteiger partial charge in [-0.1, -0.05) is 30.3 Å². The Bertz CT molecular complexity index is 643. The second kappa shape index (κ2) is 8.80. The number of hydrogen-bond donors (Lipinski definition) is 2. The van der Waals surface area contributed by atoms with Gasteiger partial charge in [-0.15, -0.1) is 11.3 Å². The molecule has 1 heterocycles. The number of nitrogens with one attached hydrogen (secondary N) is 2. The number of likely N-dealkylation sites (N-methyl/N-ethyl adjacent to an activating group) is 1. The highest BCUT2D eigenvalue weighted by atomic mass is 32.1. The number of aryl methyl sites for hydroxylation is 1. The minimum Gasteiger partial charge on any atom is -0.337 e. The Labute approximate surface area is 148 Å². The Hall–Kier alpha value is -1.92. The van der Waals surface area contributed by atoms with E-state index in [2.05, 4.69) is 46.6 Å². The molecule has 0 saturated heterocycles. The van der Waals surface area contributed by atoms with Crippen LogP contribution in [0.15, 0.2) is 35.7 Å². The van der Waals surface area contributed by atoms with Gasteiger partial charge in [-0.2, -0.15) is 0 Å². The fourth-order valence-electron chi connectivity index (χ4n) is 2.30. The Morgan fingerprint density at radius 2 is 2.00 bits per heavy atom. The van der Waals surface area contributed by atoms with Crippen molar-refractivity contribution in [2.75, 3.05) is 13.6 Å². The summed E-state index contributed by atoms with van der Waals surface area (Å²) in [7, 11) is 2.07. The molecule has 1 aromatic heterocycles. The molecule has 2 amide bonds. The van der Waals surface area contributed by atoms with E-state index in [-0.39, 0.29) is 18.1 Å². The lowest BCUT2D eigenvalue weighted by atomic mass is 10.2. The van der Waals surface area contributed by atoms with Gasteiger partial charge in [0.15, 0.2) is 0 Å². The number of carbonyl (C=O) groups excluding carboxylic acids is 1. The van der Waals surface area contributed by atoms with E-state index >= 15 is 0 Å². The minimum absolute atomic E-state index is 0.0824. The first-order valence-electron chi connectivity index (χ1n) is 8.16. The summed E-state index contributed by atoms with van der Waals surface area (Å²) in [5.41, 5.74) is 2.25. The first-order chi connectivity index (χ1) is 11.5. The van der Waals surface area contributed by atoms with Crippen molar-refractivity contribution in [1.82, 2.24) is 20.5 Å². The highest BCUT2D eigenvalue weighted by Gasteiger charge is 2.14. The third-order valence-electron chi connectivity index (χ3n) is 3.94. The molecule has 1 aromatic carbocycles. The molecule has 0 unspecified atom stereocenters. The monoisotopic (exact) mass is 346 g/mol. The molecule has 2 aromatic rings. The molecule has 0 saturated carbocycles. The van der Waals surface area contributed by atoms with Crippen LogP contribution in [0.3, 0.4) is 0 Å². The lowest BCUT2D eigenvalue weighted by molar-refractivity contribution is 0.221. The first-order valence-corrected chi connectivity index (χ1v) is 9.04. The van der Waals surface area contributed by atoms with Crippen LogP contribution in [0.1, 0.15) is 36.2 Å². The summed E-state index contributed by atoms with van der Waals surface area (Å²) in [4.78, 5) is 18.7. The zero-order chi connectivity index (χ0) is 17.5. The van der Waals surface area contributed by atoms with Crippen LogP contribution < -0.4 is 10.6 Å². The standard InChI is InChI=1S/C18H26N4OS/c1-13-12-24-17(20-13)15(3)21-18(23)19-10-14(2)22(4)11-16-8-6-5-7-9-16/h5-9,12,14-15H,10-11H2,1-4H3,(H2,19,21,23)/t14-,15-/m0/s1. The number of nitrogens with zero attached hydrogens (tertiary/aromatic N) is 2. The van der Waals surface area contributed by atoms with Crippen LogP contribution in [0.25, 0.3) is 0 Å². The quantitative estimate of drug-likeness (QED) is 0.808. The predicted octanol–water partition coefficient (Wildman–Crippen LogP) is 3.33. The lowest BCUT2D eigenvalue weighted by Gasteiger charge is -2.25. The molecule has 5 nitrogen and oxygen atoms in total. The molecule has 0 bridgehead atoms. The van der Waals surface area contributed by atoms with E-state index in [1.165, 1.54) is 5.56 Å². The van der Waals surface area contributed by atoms with Crippen LogP contribution in [-0.2, 0) is 6.54 Å². The van der Waals surface area contributed by atoms with E-state index in [9.17, 15) is 4.79 Å². The van der Waals surface area contributed by atoms with E-state index in [1.807, 2.05) is 37.4 Å². The number of thiazole rings is 1. The molecular formula is C18H26N4OS. The molecule has 0 radical (unpaired) electrons. The van der Waals surface area contributed by atoms with E-state index in [0.29, 0.717) is 6.54 Å². The van der Waals surface area contributed by atoms with Crippen molar-refractivity contribution in [2.45, 2.75) is 39.4 Å². The minimum atomic E-state index is -0.157. The number of carbonyl (C=O) groups is 1. The summed E-state index contributed by atoms with van der Waals surface area (Å²) in [6.07, 6.45) is 0. The van der Waals surface area contributed by atoms with Crippen LogP contribution >= 0.6 is 11.3 Å². The third kappa shape index (κ3) is 5.62. The Balaban J connectivity index is 1.74. The van der Waals surface area contributed by atoms with Crippen LogP contribution in [-0.4, -0.2) is 35.5 Å². The summed E-state index contributed by atoms with van der Waals surface area (Å²) < 4.78 is 0. The second-order valence-electron chi connectivity index (χ2n) is 6.15. The number of hydrogen-bond acceptors (Lipinski definition) is 4. The number of rotatable bonds is 7. The fourth-order valence-corrected chi connectivity index (χ4v) is 3.11. The SMILES string of the molecule is Cc1csc([C@H](C)NC(=O)NC[C@H](C)N(C)Cc2ccccc2)n1. The van der Waals surface area contributed by atoms with Crippen molar-refractivity contribution in [1.29, 1.82) is 0 Å². The van der Waals surface area contributed by atoms with Gasteiger partial charge in [0.1, 0.15) is 5.01 Å². The first kappa shape index (κ1) is 18.4. The summed E-state index contributed by atoms with van der Waals surface area (Å²) in [6, 6.07) is 10.3. The van der Waals surface area contributed by atoms with E-state index in [0.717, 1.165) is 17.2 Å². The second-order valence-corrected chi connectivity index (χ2v) is 7.04. The molecule has 2 rings (SSSR count). The van der Waals surface area contributed by atoms with Crippen molar-refractivity contribution in [3.8, 4) is 0 Å². The zero-order valence-electron chi connectivity index (χ0n) is 14.7. The molecule has 0 aliphatic heterocycles. The van der Waals surface area contributed by atoms with Crippen LogP contribution in [0.4, 0.5) is 4.79 Å². The summed E-state index contributed by atoms with van der Waals surface area (Å²) in [5, 5.41) is 8.79. The van der Waals surface area contributed by atoms with E-state index in [1.54, 1.807) is 11.3 Å². The van der Waals surface area contributed by atoms with Crippen LogP contribution in [0, 0.1) is 6.92 Å². The topological polar surface area (TPSA) is 57.3 Å². The number of benzene rings is 1. The molecule has 0 aliphatic rings. The van der Waals surface area contributed by atoms with Crippen molar-refractivity contribution >= 4 is 17.4 Å². The molecule has 0 fully saturated rings. The maximum atomic E-state index is 12.1. The van der Waals surface area contributed by atoms with Crippen LogP contribution in [0.5, 0.6) is 0 Å². The Kier molecular flexibility index (Phi) is 6.75. The highest BCUT2D eigenvalue weighted by Crippen LogP contribution is 2.17. The van der Waals surface area contributed by atoms with Crippen molar-refractivity contribution in [3.63, 3.8) is 0 Å². The maximum Gasteiger partial charge on any atom is 0.315 e. The predicted molar refractivity (Wildman–Crippen MR) is 99.2 cm³/mol. The molecule has 130 valence electrons. The van der Waals surface area contributed by atoms with Crippen LogP contribution in [0.2, 0.25) is 0 Å². The molecule has 6 heteroatoms. The zero-order valence-corrected chi connectivity index (χ0v) is 15.6. The van der Waals surface area contributed by atoms with E-state index in [4.69, 9.17) is 0 Å². The van der Waals surface area contributed by atoms with Gasteiger partial charge in [0, 0.05) is 30.2 Å². The van der Waals surface area contributed by atoms with Gasteiger partial charge in [-0.25, -0.2) is 9.78 Å². The van der Waals surface area contributed by atoms with Gasteiger partial charge < -0.3 is 10.6 Å². The average Bonchev–Trinajstić information content (AvgIpc) is 3.00. The van der Waals surface area contributed by atoms with Gasteiger partial charge in [-0.05, 0) is 33.4 Å². The van der Waals surface area contributed by atoms with Crippen molar-refractivity contribution in [2.24, 2.45) is 0 Å².